The molecule has 15 heavy (non-hydrogen) atoms. The number of carboxylic acid groups (broad SMARTS) is 1. The van der Waals surface area contributed by atoms with Crippen LogP contribution < -0.4 is 0 Å². The first kappa shape index (κ1) is 16.1. The quantitative estimate of drug-likeness (QED) is 0.579. The Morgan fingerprint density at radius 1 is 1.40 bits per heavy atom. The topological polar surface area (TPSA) is 63.6 Å². The van der Waals surface area contributed by atoms with Crippen molar-refractivity contribution in [2.75, 3.05) is 0 Å². The summed E-state index contributed by atoms with van der Waals surface area (Å²) in [5.74, 6) is -1.02. The van der Waals surface area contributed by atoms with Crippen LogP contribution in [0.4, 0.5) is 0 Å². The summed E-state index contributed by atoms with van der Waals surface area (Å²) < 4.78 is 4.17. The van der Waals surface area contributed by atoms with E-state index in [0.29, 0.717) is 12.8 Å². The highest BCUT2D eigenvalue weighted by atomic mass is 16.5. The van der Waals surface area contributed by atoms with Gasteiger partial charge in [-0.1, -0.05) is 20.4 Å². The van der Waals surface area contributed by atoms with Gasteiger partial charge >= 0.3 is 11.9 Å². The number of esters is 1. The Labute approximate surface area is 90.9 Å². The summed E-state index contributed by atoms with van der Waals surface area (Å²) in [6.07, 6.45) is 2.51. The molecule has 0 spiro atoms. The minimum atomic E-state index is -0.687. The summed E-state index contributed by atoms with van der Waals surface area (Å²) in [5, 5.41) is 8.63. The van der Waals surface area contributed by atoms with Crippen LogP contribution in [-0.4, -0.2) is 17.0 Å². The Hall–Kier alpha value is -1.32. The van der Waals surface area contributed by atoms with Crippen molar-refractivity contribution in [1.82, 2.24) is 0 Å². The van der Waals surface area contributed by atoms with E-state index < -0.39 is 11.4 Å². The van der Waals surface area contributed by atoms with Crippen LogP contribution in [0.3, 0.4) is 0 Å². The van der Waals surface area contributed by atoms with Gasteiger partial charge in [0.25, 0.3) is 0 Å². The Bertz CT molecular complexity index is 217. The second kappa shape index (κ2) is 8.03. The molecule has 0 amide bonds. The molecule has 0 aliphatic rings. The molecular formula is C11H20O4. The number of carboxylic acids is 1. The standard InChI is InChI=1S/C7H14O2.C4H6O2/c1-4-7(3,5-2)6(8)9;1-3-6-4(2)5/h4-5H2,1-3H3,(H,8,9);3H,1H2,2H3. The van der Waals surface area contributed by atoms with E-state index in [-0.39, 0.29) is 5.97 Å². The molecule has 0 aromatic carbocycles. The third-order valence-corrected chi connectivity index (χ3v) is 2.33. The molecule has 0 rings (SSSR count). The van der Waals surface area contributed by atoms with Crippen LogP contribution in [0.25, 0.3) is 0 Å². The summed E-state index contributed by atoms with van der Waals surface area (Å²) >= 11 is 0. The van der Waals surface area contributed by atoms with Crippen LogP contribution in [0, 0.1) is 5.41 Å². The zero-order valence-electron chi connectivity index (χ0n) is 9.87. The highest BCUT2D eigenvalue weighted by Gasteiger charge is 2.27. The van der Waals surface area contributed by atoms with E-state index in [1.807, 2.05) is 13.8 Å². The molecule has 0 aromatic heterocycles. The van der Waals surface area contributed by atoms with Gasteiger partial charge in [-0.15, -0.1) is 0 Å². The maximum Gasteiger partial charge on any atom is 0.309 e. The van der Waals surface area contributed by atoms with Gasteiger partial charge in [0.2, 0.25) is 0 Å². The van der Waals surface area contributed by atoms with Crippen LogP contribution in [0.5, 0.6) is 0 Å². The Morgan fingerprint density at radius 3 is 1.80 bits per heavy atom. The fourth-order valence-corrected chi connectivity index (χ4v) is 0.670. The molecule has 0 saturated carbocycles. The van der Waals surface area contributed by atoms with Crippen molar-refractivity contribution in [3.63, 3.8) is 0 Å². The predicted octanol–water partition coefficient (Wildman–Crippen LogP) is 2.59. The van der Waals surface area contributed by atoms with Crippen LogP contribution in [-0.2, 0) is 14.3 Å². The lowest BCUT2D eigenvalue weighted by Gasteiger charge is -2.19. The van der Waals surface area contributed by atoms with E-state index in [2.05, 4.69) is 11.3 Å². The molecule has 0 saturated heterocycles. The first-order valence-corrected chi connectivity index (χ1v) is 4.85. The lowest BCUT2D eigenvalue weighted by atomic mass is 9.85. The number of carbonyl (C=O) groups is 2. The van der Waals surface area contributed by atoms with Crippen molar-refractivity contribution in [2.45, 2.75) is 40.5 Å². The molecule has 0 atom stereocenters. The largest absolute Gasteiger partial charge is 0.481 e. The molecule has 4 heteroatoms. The number of hydrogen-bond donors (Lipinski definition) is 1. The van der Waals surface area contributed by atoms with Crippen LogP contribution in [0.1, 0.15) is 40.5 Å². The fraction of sp³-hybridized carbons (Fsp3) is 0.636. The van der Waals surface area contributed by atoms with Gasteiger partial charge < -0.3 is 9.84 Å². The van der Waals surface area contributed by atoms with E-state index in [0.717, 1.165) is 6.26 Å². The van der Waals surface area contributed by atoms with E-state index >= 15 is 0 Å². The molecule has 0 heterocycles. The Kier molecular flexibility index (Phi) is 8.63. The van der Waals surface area contributed by atoms with E-state index in [4.69, 9.17) is 5.11 Å². The maximum atomic E-state index is 10.5. The monoisotopic (exact) mass is 216 g/mol. The molecule has 0 aromatic rings. The minimum Gasteiger partial charge on any atom is -0.481 e. The molecule has 1 N–H and O–H groups in total. The summed E-state index contributed by atoms with van der Waals surface area (Å²) in [6, 6.07) is 0. The third-order valence-electron chi connectivity index (χ3n) is 2.33. The van der Waals surface area contributed by atoms with E-state index in [1.54, 1.807) is 6.92 Å². The minimum absolute atomic E-state index is 0.329. The highest BCUT2D eigenvalue weighted by molar-refractivity contribution is 5.73. The Morgan fingerprint density at radius 2 is 1.80 bits per heavy atom. The number of carbonyl (C=O) groups excluding carboxylic acids is 1. The molecular weight excluding hydrogens is 196 g/mol. The highest BCUT2D eigenvalue weighted by Crippen LogP contribution is 2.24. The maximum absolute atomic E-state index is 10.5. The van der Waals surface area contributed by atoms with Gasteiger partial charge in [0.05, 0.1) is 11.7 Å². The zero-order valence-corrected chi connectivity index (χ0v) is 9.87. The molecule has 0 bridgehead atoms. The average Bonchev–Trinajstić information content (AvgIpc) is 2.17. The van der Waals surface area contributed by atoms with E-state index in [9.17, 15) is 9.59 Å². The normalized spacial score (nSPS) is 9.60. The number of ether oxygens (including phenoxy) is 1. The van der Waals surface area contributed by atoms with Crippen molar-refractivity contribution in [1.29, 1.82) is 0 Å². The first-order valence-electron chi connectivity index (χ1n) is 4.85. The molecule has 0 unspecified atom stereocenters. The summed E-state index contributed by atoms with van der Waals surface area (Å²) in [6.45, 7) is 10.1. The van der Waals surface area contributed by atoms with Gasteiger partial charge in [-0.05, 0) is 19.8 Å². The van der Waals surface area contributed by atoms with Gasteiger partial charge in [-0.25, -0.2) is 0 Å². The summed E-state index contributed by atoms with van der Waals surface area (Å²) in [7, 11) is 0. The fourth-order valence-electron chi connectivity index (χ4n) is 0.670. The van der Waals surface area contributed by atoms with Gasteiger partial charge in [0.1, 0.15) is 0 Å². The third kappa shape index (κ3) is 7.73. The van der Waals surface area contributed by atoms with Crippen molar-refractivity contribution in [2.24, 2.45) is 5.41 Å². The number of rotatable bonds is 4. The van der Waals surface area contributed by atoms with Crippen LogP contribution >= 0.6 is 0 Å². The summed E-state index contributed by atoms with van der Waals surface area (Å²) in [4.78, 5) is 20.2. The van der Waals surface area contributed by atoms with Crippen LogP contribution in [0.2, 0.25) is 0 Å². The van der Waals surface area contributed by atoms with E-state index in [1.165, 1.54) is 6.92 Å². The predicted molar refractivity (Wildman–Crippen MR) is 58.3 cm³/mol. The molecule has 0 aliphatic carbocycles. The second-order valence-corrected chi connectivity index (χ2v) is 3.35. The van der Waals surface area contributed by atoms with Gasteiger partial charge in [0.15, 0.2) is 0 Å². The Balaban J connectivity index is 0. The zero-order chi connectivity index (χ0) is 12.5. The van der Waals surface area contributed by atoms with Crippen LogP contribution in [0.15, 0.2) is 12.8 Å². The molecule has 0 fully saturated rings. The second-order valence-electron chi connectivity index (χ2n) is 3.35. The van der Waals surface area contributed by atoms with Crippen molar-refractivity contribution >= 4 is 11.9 Å². The molecule has 0 aliphatic heterocycles. The smallest absolute Gasteiger partial charge is 0.309 e. The molecule has 0 radical (unpaired) electrons. The lowest BCUT2D eigenvalue weighted by molar-refractivity contribution is -0.148. The SMILES string of the molecule is C=COC(C)=O.CCC(C)(CC)C(=O)O. The van der Waals surface area contributed by atoms with Crippen molar-refractivity contribution in [3.8, 4) is 0 Å². The van der Waals surface area contributed by atoms with Gasteiger partial charge in [-0.3, -0.25) is 9.59 Å². The number of hydrogen-bond acceptors (Lipinski definition) is 3. The van der Waals surface area contributed by atoms with Crippen molar-refractivity contribution in [3.05, 3.63) is 12.8 Å². The molecule has 88 valence electrons. The average molecular weight is 216 g/mol. The first-order chi connectivity index (χ1) is 6.83. The number of aliphatic carboxylic acids is 1. The molecule has 4 nitrogen and oxygen atoms in total. The van der Waals surface area contributed by atoms with Gasteiger partial charge in [-0.2, -0.15) is 0 Å². The summed E-state index contributed by atoms with van der Waals surface area (Å²) in [5.41, 5.74) is -0.500. The van der Waals surface area contributed by atoms with Crippen molar-refractivity contribution < 1.29 is 19.4 Å². The van der Waals surface area contributed by atoms with Gasteiger partial charge in [0, 0.05) is 6.92 Å². The lowest BCUT2D eigenvalue weighted by Crippen LogP contribution is -2.25.